The highest BCUT2D eigenvalue weighted by atomic mass is 16.4. The number of nitrogens with zero attached hydrogens (tertiary/aromatic N) is 1. The molecule has 0 bridgehead atoms. The second-order valence-electron chi connectivity index (χ2n) is 4.18. The standard InChI is InChI=1S/C11H20N2O3/c14-10(9-11(15)16)12-5-8-13-6-3-1-2-4-7-13/h1-9H2,(H,12,14)(H,15,16). The van der Waals surface area contributed by atoms with Gasteiger partial charge in [-0.15, -0.1) is 0 Å². The number of carbonyl (C=O) groups is 2. The third-order valence-corrected chi connectivity index (χ3v) is 2.76. The van der Waals surface area contributed by atoms with Gasteiger partial charge in [0.15, 0.2) is 0 Å². The minimum atomic E-state index is -1.08. The Kier molecular flexibility index (Phi) is 5.85. The van der Waals surface area contributed by atoms with E-state index in [1.165, 1.54) is 25.7 Å². The summed E-state index contributed by atoms with van der Waals surface area (Å²) in [6.45, 7) is 3.56. The van der Waals surface area contributed by atoms with Crippen LogP contribution in [0.5, 0.6) is 0 Å². The largest absolute Gasteiger partial charge is 0.481 e. The van der Waals surface area contributed by atoms with E-state index in [0.29, 0.717) is 6.54 Å². The zero-order chi connectivity index (χ0) is 11.8. The Morgan fingerprint density at radius 2 is 1.75 bits per heavy atom. The first-order chi connectivity index (χ1) is 7.68. The molecule has 1 fully saturated rings. The third kappa shape index (κ3) is 5.70. The van der Waals surface area contributed by atoms with E-state index >= 15 is 0 Å². The van der Waals surface area contributed by atoms with Crippen molar-refractivity contribution in [2.45, 2.75) is 32.1 Å². The van der Waals surface area contributed by atoms with E-state index in [9.17, 15) is 9.59 Å². The Morgan fingerprint density at radius 3 is 2.31 bits per heavy atom. The van der Waals surface area contributed by atoms with Crippen molar-refractivity contribution in [3.8, 4) is 0 Å². The van der Waals surface area contributed by atoms with Gasteiger partial charge >= 0.3 is 5.97 Å². The van der Waals surface area contributed by atoms with Crippen molar-refractivity contribution >= 4 is 11.9 Å². The molecule has 0 unspecified atom stereocenters. The molecule has 1 amide bonds. The van der Waals surface area contributed by atoms with Gasteiger partial charge in [0.25, 0.3) is 0 Å². The van der Waals surface area contributed by atoms with Crippen molar-refractivity contribution < 1.29 is 14.7 Å². The van der Waals surface area contributed by atoms with E-state index in [2.05, 4.69) is 10.2 Å². The molecule has 1 saturated heterocycles. The van der Waals surface area contributed by atoms with E-state index in [0.717, 1.165) is 19.6 Å². The number of rotatable bonds is 5. The van der Waals surface area contributed by atoms with Crippen molar-refractivity contribution in [1.29, 1.82) is 0 Å². The molecule has 0 aromatic heterocycles. The van der Waals surface area contributed by atoms with Crippen LogP contribution in [0.25, 0.3) is 0 Å². The molecule has 2 N–H and O–H groups in total. The molecule has 0 aliphatic carbocycles. The minimum absolute atomic E-state index is 0.401. The Labute approximate surface area is 95.8 Å². The van der Waals surface area contributed by atoms with Crippen LogP contribution < -0.4 is 5.32 Å². The number of hydrogen-bond acceptors (Lipinski definition) is 3. The highest BCUT2D eigenvalue weighted by molar-refractivity contribution is 5.93. The van der Waals surface area contributed by atoms with Crippen molar-refractivity contribution in [2.24, 2.45) is 0 Å². The summed E-state index contributed by atoms with van der Waals surface area (Å²) in [4.78, 5) is 23.6. The SMILES string of the molecule is O=C(O)CC(=O)NCCN1CCCCCC1. The molecule has 1 rings (SSSR count). The highest BCUT2D eigenvalue weighted by Crippen LogP contribution is 2.08. The van der Waals surface area contributed by atoms with E-state index in [-0.39, 0.29) is 0 Å². The van der Waals surface area contributed by atoms with Gasteiger partial charge in [-0.25, -0.2) is 0 Å². The minimum Gasteiger partial charge on any atom is -0.481 e. The number of hydrogen-bond donors (Lipinski definition) is 2. The number of aliphatic carboxylic acids is 1. The van der Waals surface area contributed by atoms with Crippen molar-refractivity contribution in [3.63, 3.8) is 0 Å². The molecule has 5 heteroatoms. The molecule has 0 saturated carbocycles. The summed E-state index contributed by atoms with van der Waals surface area (Å²) >= 11 is 0. The maximum absolute atomic E-state index is 11.1. The average molecular weight is 228 g/mol. The monoisotopic (exact) mass is 228 g/mol. The summed E-state index contributed by atoms with van der Waals surface area (Å²) in [5, 5.41) is 11.0. The molecule has 0 atom stereocenters. The van der Waals surface area contributed by atoms with Crippen LogP contribution in [-0.4, -0.2) is 48.1 Å². The van der Waals surface area contributed by atoms with E-state index in [1.807, 2.05) is 0 Å². The second kappa shape index (κ2) is 7.22. The highest BCUT2D eigenvalue weighted by Gasteiger charge is 2.10. The first kappa shape index (κ1) is 13.0. The Morgan fingerprint density at radius 1 is 1.12 bits per heavy atom. The van der Waals surface area contributed by atoms with Gasteiger partial charge in [-0.1, -0.05) is 12.8 Å². The third-order valence-electron chi connectivity index (χ3n) is 2.76. The van der Waals surface area contributed by atoms with Gasteiger partial charge in [-0.3, -0.25) is 9.59 Å². The first-order valence-electron chi connectivity index (χ1n) is 5.89. The zero-order valence-electron chi connectivity index (χ0n) is 9.57. The van der Waals surface area contributed by atoms with Crippen LogP contribution in [0.1, 0.15) is 32.1 Å². The van der Waals surface area contributed by atoms with Gasteiger partial charge in [0.1, 0.15) is 6.42 Å². The van der Waals surface area contributed by atoms with Crippen molar-refractivity contribution in [3.05, 3.63) is 0 Å². The summed E-state index contributed by atoms with van der Waals surface area (Å²) in [5.74, 6) is -1.48. The van der Waals surface area contributed by atoms with E-state index < -0.39 is 18.3 Å². The molecular formula is C11H20N2O3. The normalized spacial score (nSPS) is 17.8. The molecule has 16 heavy (non-hydrogen) atoms. The van der Waals surface area contributed by atoms with Gasteiger partial charge in [-0.05, 0) is 25.9 Å². The summed E-state index contributed by atoms with van der Waals surface area (Å²) in [6.07, 6.45) is 4.61. The maximum atomic E-state index is 11.1. The lowest BCUT2D eigenvalue weighted by molar-refractivity contribution is -0.140. The molecule has 0 aromatic carbocycles. The second-order valence-corrected chi connectivity index (χ2v) is 4.18. The Balaban J connectivity index is 2.09. The van der Waals surface area contributed by atoms with Crippen LogP contribution in [0, 0.1) is 0 Å². The van der Waals surface area contributed by atoms with Crippen molar-refractivity contribution in [2.75, 3.05) is 26.2 Å². The van der Waals surface area contributed by atoms with Crippen LogP contribution >= 0.6 is 0 Å². The molecule has 1 aliphatic rings. The summed E-state index contributed by atoms with van der Waals surface area (Å²) < 4.78 is 0. The number of carboxylic acids is 1. The average Bonchev–Trinajstić information content (AvgIpc) is 2.45. The molecule has 0 radical (unpaired) electrons. The van der Waals surface area contributed by atoms with Crippen LogP contribution in [-0.2, 0) is 9.59 Å². The molecule has 5 nitrogen and oxygen atoms in total. The lowest BCUT2D eigenvalue weighted by atomic mass is 10.2. The van der Waals surface area contributed by atoms with Crippen molar-refractivity contribution in [1.82, 2.24) is 10.2 Å². The molecule has 1 aliphatic heterocycles. The van der Waals surface area contributed by atoms with Gasteiger partial charge in [0.05, 0.1) is 0 Å². The predicted molar refractivity (Wildman–Crippen MR) is 60.2 cm³/mol. The number of carbonyl (C=O) groups excluding carboxylic acids is 1. The molecule has 1 heterocycles. The van der Waals surface area contributed by atoms with Gasteiger partial charge in [0.2, 0.25) is 5.91 Å². The quantitative estimate of drug-likeness (QED) is 0.670. The van der Waals surface area contributed by atoms with Crippen LogP contribution in [0.4, 0.5) is 0 Å². The summed E-state index contributed by atoms with van der Waals surface area (Å²) in [5.41, 5.74) is 0. The fourth-order valence-electron chi connectivity index (χ4n) is 1.91. The lowest BCUT2D eigenvalue weighted by Crippen LogP contribution is -2.36. The summed E-state index contributed by atoms with van der Waals surface area (Å²) in [6, 6.07) is 0. The molecule has 0 aromatic rings. The van der Waals surface area contributed by atoms with Gasteiger partial charge in [-0.2, -0.15) is 0 Å². The zero-order valence-corrected chi connectivity index (χ0v) is 9.57. The van der Waals surface area contributed by atoms with Crippen LogP contribution in [0.15, 0.2) is 0 Å². The number of likely N-dealkylation sites (tertiary alicyclic amines) is 1. The topological polar surface area (TPSA) is 69.6 Å². The first-order valence-corrected chi connectivity index (χ1v) is 5.89. The van der Waals surface area contributed by atoms with Crippen LogP contribution in [0.2, 0.25) is 0 Å². The Bertz CT molecular complexity index is 235. The summed E-state index contributed by atoms with van der Waals surface area (Å²) in [7, 11) is 0. The number of amides is 1. The van der Waals surface area contributed by atoms with Gasteiger partial charge in [0, 0.05) is 13.1 Å². The van der Waals surface area contributed by atoms with Gasteiger partial charge < -0.3 is 15.3 Å². The predicted octanol–water partition coefficient (Wildman–Crippen LogP) is 0.453. The fourth-order valence-corrected chi connectivity index (χ4v) is 1.91. The maximum Gasteiger partial charge on any atom is 0.312 e. The molecular weight excluding hydrogens is 208 g/mol. The van der Waals surface area contributed by atoms with E-state index in [4.69, 9.17) is 5.11 Å². The Hall–Kier alpha value is -1.10. The number of nitrogens with one attached hydrogen (secondary N) is 1. The van der Waals surface area contributed by atoms with Crippen LogP contribution in [0.3, 0.4) is 0 Å². The van der Waals surface area contributed by atoms with E-state index in [1.54, 1.807) is 0 Å². The smallest absolute Gasteiger partial charge is 0.312 e. The molecule has 92 valence electrons. The molecule has 0 spiro atoms. The lowest BCUT2D eigenvalue weighted by Gasteiger charge is -2.19. The number of carboxylic acid groups (broad SMARTS) is 1. The fraction of sp³-hybridized carbons (Fsp3) is 0.818.